The zero-order chi connectivity index (χ0) is 18.2. The summed E-state index contributed by atoms with van der Waals surface area (Å²) in [6, 6.07) is 11.3. The second-order valence-electron chi connectivity index (χ2n) is 6.30. The molecule has 0 radical (unpaired) electrons. The van der Waals surface area contributed by atoms with E-state index in [1.165, 1.54) is 10.9 Å². The molecule has 1 aliphatic rings. The molecule has 0 atom stereocenters. The highest BCUT2D eigenvalue weighted by atomic mass is 32.2. The largest absolute Gasteiger partial charge is 0.299 e. The molecule has 1 aliphatic carbocycles. The van der Waals surface area contributed by atoms with Crippen LogP contribution in [0.15, 0.2) is 52.3 Å². The van der Waals surface area contributed by atoms with Crippen LogP contribution in [-0.2, 0) is 5.75 Å². The fourth-order valence-electron chi connectivity index (χ4n) is 2.89. The van der Waals surface area contributed by atoms with Crippen molar-refractivity contribution in [3.05, 3.63) is 58.7 Å². The molecule has 4 nitrogen and oxygen atoms in total. The highest BCUT2D eigenvalue weighted by Gasteiger charge is 2.31. The van der Waals surface area contributed by atoms with Crippen LogP contribution in [0.1, 0.15) is 24.6 Å². The van der Waals surface area contributed by atoms with Gasteiger partial charge in [0.25, 0.3) is 0 Å². The molecule has 1 aromatic carbocycles. The van der Waals surface area contributed by atoms with Crippen molar-refractivity contribution >= 4 is 34.4 Å². The zero-order valence-corrected chi connectivity index (χ0v) is 16.7. The number of thiophene rings is 1. The maximum Gasteiger partial charge on any atom is 0.192 e. The number of thiazole rings is 1. The highest BCUT2D eigenvalue weighted by molar-refractivity contribution is 7.98. The molecule has 0 aliphatic heterocycles. The van der Waals surface area contributed by atoms with Gasteiger partial charge in [0.2, 0.25) is 0 Å². The Bertz CT molecular complexity index is 1070. The van der Waals surface area contributed by atoms with Crippen molar-refractivity contribution in [1.29, 1.82) is 0 Å². The van der Waals surface area contributed by atoms with Gasteiger partial charge in [-0.2, -0.15) is 0 Å². The molecule has 0 amide bonds. The van der Waals surface area contributed by atoms with Gasteiger partial charge in [0.05, 0.1) is 16.1 Å². The van der Waals surface area contributed by atoms with E-state index < -0.39 is 0 Å². The van der Waals surface area contributed by atoms with Crippen molar-refractivity contribution in [2.45, 2.75) is 29.8 Å². The quantitative estimate of drug-likeness (QED) is 0.369. The lowest BCUT2D eigenvalue weighted by atomic mass is 10.2. The number of benzene rings is 1. The van der Waals surface area contributed by atoms with E-state index in [4.69, 9.17) is 4.98 Å². The minimum atomic E-state index is -0.261. The topological polar surface area (TPSA) is 43.6 Å². The number of thioether (sulfide) groups is 1. The molecule has 0 unspecified atom stereocenters. The van der Waals surface area contributed by atoms with Gasteiger partial charge in [-0.15, -0.1) is 32.9 Å². The van der Waals surface area contributed by atoms with Crippen molar-refractivity contribution in [2.75, 3.05) is 0 Å². The first-order valence-electron chi connectivity index (χ1n) is 8.60. The van der Waals surface area contributed by atoms with E-state index in [0.717, 1.165) is 34.5 Å². The average Bonchev–Trinajstić information content (AvgIpc) is 3.10. The Morgan fingerprint density at radius 1 is 1.11 bits per heavy atom. The first kappa shape index (κ1) is 17.1. The number of aromatic nitrogens is 4. The Morgan fingerprint density at radius 3 is 2.78 bits per heavy atom. The molecule has 4 aromatic rings. The lowest BCUT2D eigenvalue weighted by molar-refractivity contribution is 0.622. The van der Waals surface area contributed by atoms with E-state index in [2.05, 4.69) is 31.6 Å². The van der Waals surface area contributed by atoms with Crippen LogP contribution in [0, 0.1) is 5.82 Å². The maximum absolute atomic E-state index is 14.2. The molecule has 0 saturated heterocycles. The molecular formula is C19H15FN4S3. The molecule has 1 fully saturated rings. The third kappa shape index (κ3) is 3.44. The van der Waals surface area contributed by atoms with Gasteiger partial charge in [-0.05, 0) is 36.4 Å². The molecule has 3 heterocycles. The molecule has 0 bridgehead atoms. The number of nitrogens with zero attached hydrogens (tertiary/aromatic N) is 4. The molecule has 8 heteroatoms. The third-order valence-corrected chi connectivity index (χ3v) is 7.23. The third-order valence-electron chi connectivity index (χ3n) is 4.32. The lowest BCUT2D eigenvalue weighted by Gasteiger charge is -2.09. The summed E-state index contributed by atoms with van der Waals surface area (Å²) >= 11 is 4.98. The van der Waals surface area contributed by atoms with Gasteiger partial charge < -0.3 is 0 Å². The molecule has 3 aromatic heterocycles. The minimum absolute atomic E-state index is 0.261. The summed E-state index contributed by atoms with van der Waals surface area (Å²) in [7, 11) is 0. The maximum atomic E-state index is 14.2. The van der Waals surface area contributed by atoms with Crippen molar-refractivity contribution in [1.82, 2.24) is 19.7 Å². The molecule has 1 saturated carbocycles. The monoisotopic (exact) mass is 414 g/mol. The van der Waals surface area contributed by atoms with Crippen molar-refractivity contribution in [2.24, 2.45) is 0 Å². The van der Waals surface area contributed by atoms with E-state index in [-0.39, 0.29) is 5.82 Å². The number of rotatable bonds is 6. The summed E-state index contributed by atoms with van der Waals surface area (Å²) in [6.45, 7) is 0. The van der Waals surface area contributed by atoms with Gasteiger partial charge in [0.15, 0.2) is 11.0 Å². The number of hydrogen-bond donors (Lipinski definition) is 0. The number of hydrogen-bond acceptors (Lipinski definition) is 6. The minimum Gasteiger partial charge on any atom is -0.299 e. The predicted octanol–water partition coefficient (Wildman–Crippen LogP) is 5.90. The number of halogens is 1. The molecule has 0 N–H and O–H groups in total. The smallest absolute Gasteiger partial charge is 0.192 e. The summed E-state index contributed by atoms with van der Waals surface area (Å²) in [5, 5.41) is 14.7. The molecule has 0 spiro atoms. The fourth-order valence-corrected chi connectivity index (χ4v) is 5.53. The van der Waals surface area contributed by atoms with Crippen molar-refractivity contribution < 1.29 is 4.39 Å². The molecule has 27 heavy (non-hydrogen) atoms. The Kier molecular flexibility index (Phi) is 4.55. The van der Waals surface area contributed by atoms with Crippen LogP contribution >= 0.6 is 34.4 Å². The van der Waals surface area contributed by atoms with Gasteiger partial charge >= 0.3 is 0 Å². The summed E-state index contributed by atoms with van der Waals surface area (Å²) < 4.78 is 16.3. The van der Waals surface area contributed by atoms with Gasteiger partial charge in [0.1, 0.15) is 10.8 Å². The second-order valence-corrected chi connectivity index (χ2v) is 9.05. The first-order chi connectivity index (χ1) is 13.3. The summed E-state index contributed by atoms with van der Waals surface area (Å²) in [6.07, 6.45) is 2.18. The van der Waals surface area contributed by atoms with E-state index in [9.17, 15) is 4.39 Å². The lowest BCUT2D eigenvalue weighted by Crippen LogP contribution is -2.01. The predicted molar refractivity (Wildman–Crippen MR) is 109 cm³/mol. The van der Waals surface area contributed by atoms with Crippen LogP contribution in [0.3, 0.4) is 0 Å². The SMILES string of the molecule is Fc1ccccc1-c1nnc(SCc2csc(-c3cccs3)n2)n1C1CC1. The van der Waals surface area contributed by atoms with E-state index in [0.29, 0.717) is 17.4 Å². The van der Waals surface area contributed by atoms with Gasteiger partial charge in [0, 0.05) is 17.2 Å². The average molecular weight is 415 g/mol. The summed E-state index contributed by atoms with van der Waals surface area (Å²) in [5.41, 5.74) is 1.54. The zero-order valence-electron chi connectivity index (χ0n) is 14.2. The fraction of sp³-hybridized carbons (Fsp3) is 0.211. The van der Waals surface area contributed by atoms with Crippen LogP contribution < -0.4 is 0 Å². The van der Waals surface area contributed by atoms with Crippen LogP contribution in [0.5, 0.6) is 0 Å². The second kappa shape index (κ2) is 7.18. The van der Waals surface area contributed by atoms with Gasteiger partial charge in [-0.1, -0.05) is 30.0 Å². The Labute approximate surface area is 168 Å². The Balaban J connectivity index is 1.39. The molecule has 136 valence electrons. The molecular weight excluding hydrogens is 399 g/mol. The van der Waals surface area contributed by atoms with E-state index in [1.807, 2.05) is 12.1 Å². The Hall–Kier alpha value is -2.03. The van der Waals surface area contributed by atoms with Gasteiger partial charge in [-0.3, -0.25) is 4.57 Å². The van der Waals surface area contributed by atoms with Crippen molar-refractivity contribution in [3.8, 4) is 21.3 Å². The standard InChI is InChI=1S/C19H15FN4S3/c20-15-5-2-1-4-14(15)17-22-23-19(24(17)13-7-8-13)27-11-12-10-26-18(21-12)16-6-3-9-25-16/h1-6,9-10,13H,7-8,11H2. The summed E-state index contributed by atoms with van der Waals surface area (Å²) in [4.78, 5) is 5.92. The van der Waals surface area contributed by atoms with E-state index in [1.54, 1.807) is 46.6 Å². The van der Waals surface area contributed by atoms with Crippen molar-refractivity contribution in [3.63, 3.8) is 0 Å². The molecule has 5 rings (SSSR count). The van der Waals surface area contributed by atoms with E-state index >= 15 is 0 Å². The first-order valence-corrected chi connectivity index (χ1v) is 11.3. The van der Waals surface area contributed by atoms with Crippen LogP contribution in [-0.4, -0.2) is 19.7 Å². The van der Waals surface area contributed by atoms with Gasteiger partial charge in [-0.25, -0.2) is 9.37 Å². The normalized spacial score (nSPS) is 14.0. The highest BCUT2D eigenvalue weighted by Crippen LogP contribution is 2.42. The van der Waals surface area contributed by atoms with Crippen LogP contribution in [0.25, 0.3) is 21.3 Å². The van der Waals surface area contributed by atoms with Crippen LogP contribution in [0.2, 0.25) is 0 Å². The van der Waals surface area contributed by atoms with Crippen LogP contribution in [0.4, 0.5) is 4.39 Å². The summed E-state index contributed by atoms with van der Waals surface area (Å²) in [5.74, 6) is 1.09. The Morgan fingerprint density at radius 2 is 2.00 bits per heavy atom.